The van der Waals surface area contributed by atoms with Crippen LogP contribution in [0, 0.1) is 11.2 Å². The Morgan fingerprint density at radius 1 is 1.39 bits per heavy atom. The molecule has 0 radical (unpaired) electrons. The number of nitrogens with one attached hydrogen (secondary N) is 2. The molecule has 0 saturated carbocycles. The van der Waals surface area contributed by atoms with Crippen molar-refractivity contribution < 1.29 is 9.13 Å². The molecule has 0 aliphatic carbocycles. The molecule has 1 aliphatic rings. The summed E-state index contributed by atoms with van der Waals surface area (Å²) in [6.07, 6.45) is 5.48. The van der Waals surface area contributed by atoms with E-state index in [2.05, 4.69) is 17.3 Å². The second kappa shape index (κ2) is 7.97. The monoisotopic (exact) mass is 320 g/mol. The van der Waals surface area contributed by atoms with Gasteiger partial charge < -0.3 is 19.9 Å². The Labute approximate surface area is 137 Å². The van der Waals surface area contributed by atoms with Gasteiger partial charge in [0, 0.05) is 37.1 Å². The molecule has 1 aromatic carbocycles. The van der Waals surface area contributed by atoms with Crippen LogP contribution in [0.1, 0.15) is 12.8 Å². The summed E-state index contributed by atoms with van der Waals surface area (Å²) in [4.78, 5) is 4.31. The van der Waals surface area contributed by atoms with Gasteiger partial charge in [-0.1, -0.05) is 0 Å². The van der Waals surface area contributed by atoms with Crippen LogP contribution in [0.25, 0.3) is 0 Å². The first-order chi connectivity index (χ1) is 11.0. The van der Waals surface area contributed by atoms with Crippen molar-refractivity contribution in [3.63, 3.8) is 0 Å². The van der Waals surface area contributed by atoms with Gasteiger partial charge in [0.25, 0.3) is 0 Å². The van der Waals surface area contributed by atoms with Gasteiger partial charge in [0.1, 0.15) is 17.4 Å². The molecule has 1 aliphatic heterocycles. The van der Waals surface area contributed by atoms with Gasteiger partial charge in [-0.05, 0) is 45.1 Å². The highest BCUT2D eigenvalue weighted by molar-refractivity contribution is 5.90. The third-order valence-electron chi connectivity index (χ3n) is 4.21. The first-order valence-corrected chi connectivity index (χ1v) is 7.77. The van der Waals surface area contributed by atoms with Gasteiger partial charge in [-0.25, -0.2) is 4.39 Å². The summed E-state index contributed by atoms with van der Waals surface area (Å²) in [5, 5.41) is 11.1. The molecular weight excluding hydrogens is 295 g/mol. The summed E-state index contributed by atoms with van der Waals surface area (Å²) >= 11 is 0. The van der Waals surface area contributed by atoms with Crippen molar-refractivity contribution in [1.29, 1.82) is 5.41 Å². The van der Waals surface area contributed by atoms with Crippen LogP contribution < -0.4 is 10.1 Å². The molecule has 5 nitrogen and oxygen atoms in total. The zero-order valence-electron chi connectivity index (χ0n) is 14.0. The lowest BCUT2D eigenvalue weighted by molar-refractivity contribution is 0.192. The average molecular weight is 320 g/mol. The Bertz CT molecular complexity index is 568. The lowest BCUT2D eigenvalue weighted by atomic mass is 10.0. The van der Waals surface area contributed by atoms with E-state index < -0.39 is 0 Å². The standard InChI is InChI=1S/C17H25FN4O/c1-21-8-5-15(6-9-21)22(2)17(19)4-7-20-14-10-13(18)11-16(12-14)23-3/h4,7,10-12,15,19-20H,5-6,8-9H2,1-3H3/b7-4-,19-17?. The van der Waals surface area contributed by atoms with E-state index in [-0.39, 0.29) is 5.82 Å². The SMILES string of the molecule is COc1cc(F)cc(N/C=C\C(=N)N(C)C2CCN(C)CC2)c1. The molecule has 0 aromatic heterocycles. The molecular formula is C17H25FN4O. The van der Waals surface area contributed by atoms with Crippen LogP contribution in [0.2, 0.25) is 0 Å². The Balaban J connectivity index is 1.89. The van der Waals surface area contributed by atoms with Crippen LogP contribution in [-0.2, 0) is 0 Å². The first-order valence-electron chi connectivity index (χ1n) is 7.77. The van der Waals surface area contributed by atoms with E-state index >= 15 is 0 Å². The van der Waals surface area contributed by atoms with Crippen LogP contribution in [-0.4, -0.2) is 56.0 Å². The minimum absolute atomic E-state index is 0.362. The second-order valence-corrected chi connectivity index (χ2v) is 5.89. The van der Waals surface area contributed by atoms with Gasteiger partial charge in [-0.15, -0.1) is 0 Å². The summed E-state index contributed by atoms with van der Waals surface area (Å²) in [6.45, 7) is 2.13. The van der Waals surface area contributed by atoms with Gasteiger partial charge in [-0.3, -0.25) is 5.41 Å². The number of benzene rings is 1. The molecule has 0 amide bonds. The number of methoxy groups -OCH3 is 1. The van der Waals surface area contributed by atoms with Crippen LogP contribution in [0.15, 0.2) is 30.5 Å². The second-order valence-electron chi connectivity index (χ2n) is 5.89. The van der Waals surface area contributed by atoms with Gasteiger partial charge in [0.15, 0.2) is 0 Å². The molecule has 1 aromatic rings. The third kappa shape index (κ3) is 4.96. The maximum absolute atomic E-state index is 13.4. The molecule has 126 valence electrons. The molecule has 1 fully saturated rings. The number of ether oxygens (including phenoxy) is 1. The quantitative estimate of drug-likeness (QED) is 0.647. The minimum Gasteiger partial charge on any atom is -0.497 e. The highest BCUT2D eigenvalue weighted by Crippen LogP contribution is 2.20. The van der Waals surface area contributed by atoms with Crippen molar-refractivity contribution in [2.24, 2.45) is 0 Å². The van der Waals surface area contributed by atoms with E-state index in [1.807, 2.05) is 11.9 Å². The number of hydrogen-bond acceptors (Lipinski definition) is 4. The zero-order chi connectivity index (χ0) is 16.8. The van der Waals surface area contributed by atoms with Crippen molar-refractivity contribution in [2.75, 3.05) is 39.6 Å². The Morgan fingerprint density at radius 3 is 2.74 bits per heavy atom. The molecule has 0 unspecified atom stereocenters. The lowest BCUT2D eigenvalue weighted by Gasteiger charge is -2.35. The summed E-state index contributed by atoms with van der Waals surface area (Å²) < 4.78 is 18.4. The summed E-state index contributed by atoms with van der Waals surface area (Å²) in [5.41, 5.74) is 0.591. The number of amidine groups is 1. The normalized spacial score (nSPS) is 16.5. The molecule has 2 rings (SSSR count). The molecule has 0 atom stereocenters. The first kappa shape index (κ1) is 17.3. The summed E-state index contributed by atoms with van der Waals surface area (Å²) in [6, 6.07) is 4.82. The van der Waals surface area contributed by atoms with Gasteiger partial charge >= 0.3 is 0 Å². The third-order valence-corrected chi connectivity index (χ3v) is 4.21. The fraction of sp³-hybridized carbons (Fsp3) is 0.471. The Morgan fingerprint density at radius 2 is 2.09 bits per heavy atom. The van der Waals surface area contributed by atoms with Crippen molar-refractivity contribution in [3.8, 4) is 5.75 Å². The van der Waals surface area contributed by atoms with E-state index in [9.17, 15) is 4.39 Å². The number of anilines is 1. The molecule has 1 heterocycles. The maximum Gasteiger partial charge on any atom is 0.128 e. The predicted molar refractivity (Wildman–Crippen MR) is 91.7 cm³/mol. The van der Waals surface area contributed by atoms with Crippen molar-refractivity contribution in [3.05, 3.63) is 36.3 Å². The molecule has 23 heavy (non-hydrogen) atoms. The molecule has 6 heteroatoms. The zero-order valence-corrected chi connectivity index (χ0v) is 14.0. The van der Waals surface area contributed by atoms with E-state index in [0.29, 0.717) is 23.3 Å². The van der Waals surface area contributed by atoms with E-state index in [0.717, 1.165) is 25.9 Å². The molecule has 0 bridgehead atoms. The number of hydrogen-bond donors (Lipinski definition) is 2. The smallest absolute Gasteiger partial charge is 0.128 e. The topological polar surface area (TPSA) is 51.6 Å². The highest BCUT2D eigenvalue weighted by Gasteiger charge is 2.21. The highest BCUT2D eigenvalue weighted by atomic mass is 19.1. The minimum atomic E-state index is -0.362. The van der Waals surface area contributed by atoms with Crippen LogP contribution in [0.3, 0.4) is 0 Å². The van der Waals surface area contributed by atoms with Crippen molar-refractivity contribution >= 4 is 11.5 Å². The number of nitrogens with zero attached hydrogens (tertiary/aromatic N) is 2. The van der Waals surface area contributed by atoms with E-state index in [4.69, 9.17) is 10.1 Å². The fourth-order valence-electron chi connectivity index (χ4n) is 2.68. The summed E-state index contributed by atoms with van der Waals surface area (Å²) in [5.74, 6) is 0.536. The largest absolute Gasteiger partial charge is 0.497 e. The average Bonchev–Trinajstić information content (AvgIpc) is 2.54. The molecule has 0 spiro atoms. The predicted octanol–water partition coefficient (Wildman–Crippen LogP) is 2.76. The van der Waals surface area contributed by atoms with Crippen LogP contribution >= 0.6 is 0 Å². The number of likely N-dealkylation sites (tertiary alicyclic amines) is 1. The van der Waals surface area contributed by atoms with Gasteiger partial charge in [0.05, 0.1) is 7.11 Å². The van der Waals surface area contributed by atoms with Crippen molar-refractivity contribution in [2.45, 2.75) is 18.9 Å². The fourth-order valence-corrected chi connectivity index (χ4v) is 2.68. The Kier molecular flexibility index (Phi) is 5.98. The Hall–Kier alpha value is -2.08. The van der Waals surface area contributed by atoms with Crippen LogP contribution in [0.4, 0.5) is 10.1 Å². The van der Waals surface area contributed by atoms with Crippen LogP contribution in [0.5, 0.6) is 5.75 Å². The number of halogens is 1. The van der Waals surface area contributed by atoms with Crippen molar-refractivity contribution in [1.82, 2.24) is 9.80 Å². The number of piperidine rings is 1. The van der Waals surface area contributed by atoms with Gasteiger partial charge in [0.2, 0.25) is 0 Å². The van der Waals surface area contributed by atoms with E-state index in [1.54, 1.807) is 18.3 Å². The van der Waals surface area contributed by atoms with E-state index in [1.165, 1.54) is 19.2 Å². The lowest BCUT2D eigenvalue weighted by Crippen LogP contribution is -2.43. The molecule has 2 N–H and O–H groups in total. The number of rotatable bonds is 5. The molecule has 1 saturated heterocycles. The maximum atomic E-state index is 13.4. The summed E-state index contributed by atoms with van der Waals surface area (Å²) in [7, 11) is 5.58. The number of likely N-dealkylation sites (N-methyl/N-ethyl adjacent to an activating group) is 1. The van der Waals surface area contributed by atoms with Gasteiger partial charge in [-0.2, -0.15) is 0 Å².